The first-order chi connectivity index (χ1) is 18.1. The van der Waals surface area contributed by atoms with Gasteiger partial charge in [-0.1, -0.05) is 71.9 Å². The number of nitrogens with zero attached hydrogens (tertiary/aromatic N) is 3. The number of halogens is 1. The van der Waals surface area contributed by atoms with Gasteiger partial charge in [0, 0.05) is 38.0 Å². The first-order valence-corrected chi connectivity index (χ1v) is 13.7. The lowest BCUT2D eigenvalue weighted by Crippen LogP contribution is -2.39. The zero-order valence-corrected chi connectivity index (χ0v) is 22.0. The van der Waals surface area contributed by atoms with Crippen LogP contribution in [-0.4, -0.2) is 71.4 Å². The van der Waals surface area contributed by atoms with Gasteiger partial charge in [-0.05, 0) is 30.0 Å². The van der Waals surface area contributed by atoms with E-state index in [1.165, 1.54) is 11.8 Å². The molecule has 0 spiro atoms. The van der Waals surface area contributed by atoms with Gasteiger partial charge in [-0.2, -0.15) is 0 Å². The number of morpholine rings is 1. The first-order valence-electron chi connectivity index (χ1n) is 12.5. The van der Waals surface area contributed by atoms with Gasteiger partial charge >= 0.3 is 0 Å². The number of nitrogens with one attached hydrogen (secondary N) is 1. The molecule has 1 atom stereocenters. The van der Waals surface area contributed by atoms with E-state index in [9.17, 15) is 9.59 Å². The lowest BCUT2D eigenvalue weighted by Gasteiger charge is -2.27. The molecule has 9 heteroatoms. The zero-order valence-electron chi connectivity index (χ0n) is 20.4. The number of benzene rings is 3. The minimum Gasteiger partial charge on any atom is -0.379 e. The van der Waals surface area contributed by atoms with Crippen molar-refractivity contribution in [1.29, 1.82) is 0 Å². The maximum Gasteiger partial charge on any atom is 0.242 e. The van der Waals surface area contributed by atoms with E-state index in [4.69, 9.17) is 21.3 Å². The molecule has 3 aromatic carbocycles. The van der Waals surface area contributed by atoms with E-state index < -0.39 is 5.25 Å². The van der Waals surface area contributed by atoms with Crippen molar-refractivity contribution >= 4 is 62.5 Å². The fraction of sp³-hybridized carbons (Fsp3) is 0.321. The second kappa shape index (κ2) is 12.1. The predicted molar refractivity (Wildman–Crippen MR) is 151 cm³/mol. The number of carbonyl (C=O) groups excluding carboxylic acids is 2. The summed E-state index contributed by atoms with van der Waals surface area (Å²) in [4.78, 5) is 35.4. The van der Waals surface area contributed by atoms with Crippen molar-refractivity contribution in [2.24, 2.45) is 4.99 Å². The van der Waals surface area contributed by atoms with Gasteiger partial charge in [-0.15, -0.1) is 0 Å². The molecule has 0 bridgehead atoms. The number of anilines is 1. The Morgan fingerprint density at radius 3 is 2.62 bits per heavy atom. The number of ether oxygens (including phenoxy) is 1. The van der Waals surface area contributed by atoms with E-state index in [0.29, 0.717) is 22.4 Å². The summed E-state index contributed by atoms with van der Waals surface area (Å²) in [6, 6.07) is 21.1. The topological polar surface area (TPSA) is 74.2 Å². The normalized spacial score (nSPS) is 19.6. The predicted octanol–water partition coefficient (Wildman–Crippen LogP) is 5.18. The number of hydrogen-bond donors (Lipinski definition) is 1. The molecule has 5 rings (SSSR count). The summed E-state index contributed by atoms with van der Waals surface area (Å²) in [6.07, 6.45) is 0.864. The fourth-order valence-corrected chi connectivity index (χ4v) is 5.91. The standard InChI is InChI=1S/C28H29ClN4O3S/c29-22-10-3-4-11-24(22)30-26(34)19-25-27(35)33(14-6-13-32-15-17-36-18-16-32)28(37-25)31-23-12-5-8-20-7-1-2-9-21(20)23/h1-5,7-12,25H,6,13-19H2,(H,30,34)/t25-/m0/s1. The van der Waals surface area contributed by atoms with E-state index in [-0.39, 0.29) is 18.2 Å². The van der Waals surface area contributed by atoms with Crippen molar-refractivity contribution in [3.05, 3.63) is 71.8 Å². The van der Waals surface area contributed by atoms with Crippen LogP contribution < -0.4 is 5.32 Å². The van der Waals surface area contributed by atoms with Crippen LogP contribution in [0.3, 0.4) is 0 Å². The summed E-state index contributed by atoms with van der Waals surface area (Å²) >= 11 is 7.55. The molecule has 2 aliphatic rings. The second-order valence-corrected chi connectivity index (χ2v) is 10.6. The number of amidine groups is 1. The highest BCUT2D eigenvalue weighted by molar-refractivity contribution is 8.15. The van der Waals surface area contributed by atoms with Gasteiger partial charge < -0.3 is 10.1 Å². The highest BCUT2D eigenvalue weighted by Crippen LogP contribution is 2.34. The monoisotopic (exact) mass is 536 g/mol. The quantitative estimate of drug-likeness (QED) is 0.429. The molecule has 2 amide bonds. The molecule has 0 unspecified atom stereocenters. The summed E-state index contributed by atoms with van der Waals surface area (Å²) in [6.45, 7) is 4.74. The molecule has 7 nitrogen and oxygen atoms in total. The number of amides is 2. The number of thioether (sulfide) groups is 1. The average molecular weight is 537 g/mol. The van der Waals surface area contributed by atoms with Crippen LogP contribution >= 0.6 is 23.4 Å². The third-order valence-corrected chi connectivity index (χ3v) is 7.99. The molecule has 0 aromatic heterocycles. The van der Waals surface area contributed by atoms with Gasteiger partial charge in [0.05, 0.1) is 29.6 Å². The second-order valence-electron chi connectivity index (χ2n) is 9.03. The molecular weight excluding hydrogens is 508 g/mol. The van der Waals surface area contributed by atoms with Crippen molar-refractivity contribution in [3.63, 3.8) is 0 Å². The van der Waals surface area contributed by atoms with Crippen LogP contribution in [0.2, 0.25) is 5.02 Å². The average Bonchev–Trinajstić information content (AvgIpc) is 3.19. The van der Waals surface area contributed by atoms with Crippen molar-refractivity contribution in [2.75, 3.05) is 44.7 Å². The van der Waals surface area contributed by atoms with E-state index in [0.717, 1.165) is 55.7 Å². The maximum atomic E-state index is 13.5. The van der Waals surface area contributed by atoms with Crippen LogP contribution in [0.4, 0.5) is 11.4 Å². The Hall–Kier alpha value is -2.91. The highest BCUT2D eigenvalue weighted by Gasteiger charge is 2.39. The van der Waals surface area contributed by atoms with Crippen LogP contribution in [0.15, 0.2) is 71.7 Å². The number of aliphatic imine (C=N–C) groups is 1. The Kier molecular flexibility index (Phi) is 8.41. The van der Waals surface area contributed by atoms with Gasteiger partial charge in [-0.3, -0.25) is 19.4 Å². The molecule has 2 aliphatic heterocycles. The molecule has 3 aromatic rings. The Bertz CT molecular complexity index is 1310. The van der Waals surface area contributed by atoms with Crippen LogP contribution in [0.25, 0.3) is 10.8 Å². The Balaban J connectivity index is 1.34. The van der Waals surface area contributed by atoms with E-state index >= 15 is 0 Å². The molecular formula is C28H29ClN4O3S. The van der Waals surface area contributed by atoms with Crippen LogP contribution in [0.1, 0.15) is 12.8 Å². The summed E-state index contributed by atoms with van der Waals surface area (Å²) in [7, 11) is 0. The van der Waals surface area contributed by atoms with Crippen molar-refractivity contribution in [3.8, 4) is 0 Å². The Labute approximate surface area is 225 Å². The molecule has 0 saturated carbocycles. The lowest BCUT2D eigenvalue weighted by molar-refractivity contribution is -0.128. The van der Waals surface area contributed by atoms with Crippen molar-refractivity contribution in [1.82, 2.24) is 9.80 Å². The van der Waals surface area contributed by atoms with Gasteiger partial charge in [0.2, 0.25) is 11.8 Å². The first kappa shape index (κ1) is 25.7. The summed E-state index contributed by atoms with van der Waals surface area (Å²) in [5, 5.41) is 5.51. The minimum absolute atomic E-state index is 0.0449. The zero-order chi connectivity index (χ0) is 25.6. The summed E-state index contributed by atoms with van der Waals surface area (Å²) in [5.41, 5.74) is 1.35. The number of rotatable bonds is 8. The molecule has 2 heterocycles. The number of para-hydroxylation sites is 1. The summed E-state index contributed by atoms with van der Waals surface area (Å²) < 4.78 is 5.44. The van der Waals surface area contributed by atoms with Gasteiger partial charge in [0.25, 0.3) is 0 Å². The molecule has 2 saturated heterocycles. The van der Waals surface area contributed by atoms with E-state index in [1.807, 2.05) is 48.5 Å². The Morgan fingerprint density at radius 2 is 1.78 bits per heavy atom. The Morgan fingerprint density at radius 1 is 1.03 bits per heavy atom. The molecule has 1 N–H and O–H groups in total. The number of hydrogen-bond acceptors (Lipinski definition) is 6. The highest BCUT2D eigenvalue weighted by atomic mass is 35.5. The SMILES string of the molecule is O=C(C[C@@H]1SC(=Nc2cccc3ccccc23)N(CCCN2CCOCC2)C1=O)Nc1ccccc1Cl. The third-order valence-electron chi connectivity index (χ3n) is 6.48. The van der Waals surface area contributed by atoms with Crippen molar-refractivity contribution < 1.29 is 14.3 Å². The lowest BCUT2D eigenvalue weighted by atomic mass is 10.1. The number of carbonyl (C=O) groups is 2. The molecule has 37 heavy (non-hydrogen) atoms. The van der Waals surface area contributed by atoms with Crippen LogP contribution in [-0.2, 0) is 14.3 Å². The minimum atomic E-state index is -0.542. The van der Waals surface area contributed by atoms with Gasteiger partial charge in [0.15, 0.2) is 5.17 Å². The molecule has 192 valence electrons. The van der Waals surface area contributed by atoms with E-state index in [1.54, 1.807) is 23.1 Å². The van der Waals surface area contributed by atoms with Crippen LogP contribution in [0, 0.1) is 0 Å². The van der Waals surface area contributed by atoms with Gasteiger partial charge in [0.1, 0.15) is 5.25 Å². The van der Waals surface area contributed by atoms with E-state index in [2.05, 4.69) is 10.2 Å². The molecule has 2 fully saturated rings. The smallest absolute Gasteiger partial charge is 0.242 e. The third kappa shape index (κ3) is 6.33. The molecule has 0 aliphatic carbocycles. The van der Waals surface area contributed by atoms with Gasteiger partial charge in [-0.25, -0.2) is 4.99 Å². The maximum absolute atomic E-state index is 13.5. The summed E-state index contributed by atoms with van der Waals surface area (Å²) in [5.74, 6) is -0.334. The number of fused-ring (bicyclic) bond motifs is 1. The fourth-order valence-electron chi connectivity index (χ4n) is 4.55. The van der Waals surface area contributed by atoms with Crippen molar-refractivity contribution in [2.45, 2.75) is 18.1 Å². The van der Waals surface area contributed by atoms with Crippen LogP contribution in [0.5, 0.6) is 0 Å². The largest absolute Gasteiger partial charge is 0.379 e. The molecule has 0 radical (unpaired) electrons.